The average Bonchev–Trinajstić information content (AvgIpc) is 2.61. The van der Waals surface area contributed by atoms with Crippen molar-refractivity contribution in [3.63, 3.8) is 0 Å². The number of hydrogen-bond donors (Lipinski definition) is 0. The Balaban J connectivity index is 2.46. The molecule has 0 saturated carbocycles. The zero-order chi connectivity index (χ0) is 9.42. The van der Waals surface area contributed by atoms with Gasteiger partial charge < -0.3 is 0 Å². The molecule has 0 aliphatic heterocycles. The lowest BCUT2D eigenvalue weighted by Gasteiger charge is -1.86. The Bertz CT molecular complexity index is 409. The van der Waals surface area contributed by atoms with Crippen LogP contribution in [0.5, 0.6) is 0 Å². The summed E-state index contributed by atoms with van der Waals surface area (Å²) in [6, 6.07) is 6.41. The van der Waals surface area contributed by atoms with E-state index >= 15 is 0 Å². The van der Waals surface area contributed by atoms with E-state index in [1.165, 1.54) is 22.9 Å². The topological polar surface area (TPSA) is 0 Å². The summed E-state index contributed by atoms with van der Waals surface area (Å²) in [6.45, 7) is 2.13. The fourth-order valence-electron chi connectivity index (χ4n) is 1.03. The molecule has 0 fully saturated rings. The maximum atomic E-state index is 3.52. The van der Waals surface area contributed by atoms with E-state index in [4.69, 9.17) is 0 Å². The van der Waals surface area contributed by atoms with Crippen LogP contribution >= 0.6 is 54.5 Å². The molecule has 0 aliphatic rings. The normalized spacial score (nSPS) is 10.7. The van der Waals surface area contributed by atoms with Crippen LogP contribution in [0.2, 0.25) is 0 Å². The minimum absolute atomic E-state index is 1.18. The van der Waals surface area contributed by atoms with Crippen molar-refractivity contribution < 1.29 is 0 Å². The van der Waals surface area contributed by atoms with Gasteiger partial charge in [-0.2, -0.15) is 0 Å². The monoisotopic (exact) mass is 336 g/mol. The van der Waals surface area contributed by atoms with E-state index in [1.807, 2.05) is 11.3 Å². The predicted octanol–water partition coefficient (Wildman–Crippen LogP) is 5.31. The first kappa shape index (κ1) is 9.90. The molecular formula is C9H6Br2S2. The van der Waals surface area contributed by atoms with Crippen LogP contribution in [0, 0.1) is 6.92 Å². The summed E-state index contributed by atoms with van der Waals surface area (Å²) >= 11 is 10.6. The number of thiophene rings is 2. The third-order valence-electron chi connectivity index (χ3n) is 1.67. The standard InChI is InChI=1S/C9H6Br2S2/c1-5-6(10)4-8(12-5)7-2-3-9(11)13-7/h2-4H,1H3. The second kappa shape index (κ2) is 3.85. The molecule has 4 heteroatoms. The highest BCUT2D eigenvalue weighted by molar-refractivity contribution is 9.11. The lowest BCUT2D eigenvalue weighted by atomic mass is 10.4. The van der Waals surface area contributed by atoms with Crippen molar-refractivity contribution in [2.24, 2.45) is 0 Å². The first-order valence-electron chi connectivity index (χ1n) is 3.68. The quantitative estimate of drug-likeness (QED) is 0.661. The number of rotatable bonds is 1. The van der Waals surface area contributed by atoms with Gasteiger partial charge in [0.25, 0.3) is 0 Å². The van der Waals surface area contributed by atoms with Crippen molar-refractivity contribution in [2.45, 2.75) is 6.92 Å². The van der Waals surface area contributed by atoms with Gasteiger partial charge in [-0.25, -0.2) is 0 Å². The van der Waals surface area contributed by atoms with E-state index < -0.39 is 0 Å². The van der Waals surface area contributed by atoms with Crippen LogP contribution in [-0.4, -0.2) is 0 Å². The van der Waals surface area contributed by atoms with Gasteiger partial charge in [-0.05, 0) is 57.0 Å². The maximum absolute atomic E-state index is 3.52. The van der Waals surface area contributed by atoms with Crippen molar-refractivity contribution >= 4 is 54.5 Å². The van der Waals surface area contributed by atoms with Crippen LogP contribution in [0.15, 0.2) is 26.5 Å². The summed E-state index contributed by atoms with van der Waals surface area (Å²) in [7, 11) is 0. The molecule has 13 heavy (non-hydrogen) atoms. The van der Waals surface area contributed by atoms with Crippen molar-refractivity contribution in [2.75, 3.05) is 0 Å². The number of halogens is 2. The Labute approximate surface area is 102 Å². The molecule has 2 aromatic rings. The highest BCUT2D eigenvalue weighted by Crippen LogP contribution is 2.38. The third kappa shape index (κ3) is 2.06. The Morgan fingerprint density at radius 2 is 1.85 bits per heavy atom. The molecule has 2 heterocycles. The second-order valence-corrected chi connectivity index (χ2v) is 7.19. The molecule has 0 nitrogen and oxygen atoms in total. The van der Waals surface area contributed by atoms with E-state index in [9.17, 15) is 0 Å². The Hall–Kier alpha value is 0.360. The number of hydrogen-bond acceptors (Lipinski definition) is 2. The van der Waals surface area contributed by atoms with Gasteiger partial charge in [-0.15, -0.1) is 22.7 Å². The van der Waals surface area contributed by atoms with Crippen LogP contribution in [0.4, 0.5) is 0 Å². The fraction of sp³-hybridized carbons (Fsp3) is 0.111. The van der Waals surface area contributed by atoms with Crippen molar-refractivity contribution in [3.05, 3.63) is 31.3 Å². The minimum atomic E-state index is 1.18. The Kier molecular flexibility index (Phi) is 2.93. The van der Waals surface area contributed by atoms with Crippen LogP contribution < -0.4 is 0 Å². The summed E-state index contributed by atoms with van der Waals surface area (Å²) < 4.78 is 2.39. The lowest BCUT2D eigenvalue weighted by molar-refractivity contribution is 1.59. The Morgan fingerprint density at radius 3 is 2.31 bits per heavy atom. The fourth-order valence-corrected chi connectivity index (χ4v) is 4.03. The molecule has 0 bridgehead atoms. The van der Waals surface area contributed by atoms with Gasteiger partial charge in [0.1, 0.15) is 0 Å². The maximum Gasteiger partial charge on any atom is 0.0705 e. The van der Waals surface area contributed by atoms with Gasteiger partial charge in [0, 0.05) is 19.1 Å². The predicted molar refractivity (Wildman–Crippen MR) is 67.8 cm³/mol. The van der Waals surface area contributed by atoms with Crippen LogP contribution in [0.3, 0.4) is 0 Å². The Morgan fingerprint density at radius 1 is 1.08 bits per heavy atom. The smallest absolute Gasteiger partial charge is 0.0705 e. The summed E-state index contributed by atoms with van der Waals surface area (Å²) in [6.07, 6.45) is 0. The number of aryl methyl sites for hydroxylation is 1. The van der Waals surface area contributed by atoms with E-state index in [-0.39, 0.29) is 0 Å². The molecule has 0 atom stereocenters. The summed E-state index contributed by atoms with van der Waals surface area (Å²) in [5.41, 5.74) is 0. The highest BCUT2D eigenvalue weighted by Gasteiger charge is 2.06. The largest absolute Gasteiger partial charge is 0.139 e. The molecular weight excluding hydrogens is 332 g/mol. The van der Waals surface area contributed by atoms with Gasteiger partial charge in [-0.3, -0.25) is 0 Å². The van der Waals surface area contributed by atoms with E-state index in [1.54, 1.807) is 11.3 Å². The summed E-state index contributed by atoms with van der Waals surface area (Å²) in [5.74, 6) is 0. The first-order valence-corrected chi connectivity index (χ1v) is 6.90. The molecule has 2 rings (SSSR count). The van der Waals surface area contributed by atoms with Gasteiger partial charge in [0.05, 0.1) is 3.79 Å². The van der Waals surface area contributed by atoms with Gasteiger partial charge in [-0.1, -0.05) is 0 Å². The summed E-state index contributed by atoms with van der Waals surface area (Å²) in [4.78, 5) is 3.99. The van der Waals surface area contributed by atoms with Gasteiger partial charge in [0.2, 0.25) is 0 Å². The van der Waals surface area contributed by atoms with E-state index in [0.717, 1.165) is 0 Å². The lowest BCUT2D eigenvalue weighted by Crippen LogP contribution is -1.56. The molecule has 0 aromatic carbocycles. The van der Waals surface area contributed by atoms with E-state index in [2.05, 4.69) is 57.0 Å². The zero-order valence-electron chi connectivity index (χ0n) is 6.80. The second-order valence-electron chi connectivity index (χ2n) is 2.62. The van der Waals surface area contributed by atoms with Crippen LogP contribution in [0.1, 0.15) is 4.88 Å². The minimum Gasteiger partial charge on any atom is -0.139 e. The molecule has 0 radical (unpaired) electrons. The first-order chi connectivity index (χ1) is 6.16. The molecule has 0 N–H and O–H groups in total. The molecule has 0 saturated heterocycles. The van der Waals surface area contributed by atoms with Crippen LogP contribution in [0.25, 0.3) is 9.75 Å². The molecule has 0 unspecified atom stereocenters. The van der Waals surface area contributed by atoms with Crippen molar-refractivity contribution in [3.8, 4) is 9.75 Å². The highest BCUT2D eigenvalue weighted by atomic mass is 79.9. The molecule has 0 spiro atoms. The van der Waals surface area contributed by atoms with Gasteiger partial charge >= 0.3 is 0 Å². The SMILES string of the molecule is Cc1sc(-c2ccc(Br)s2)cc1Br. The van der Waals surface area contributed by atoms with Crippen LogP contribution in [-0.2, 0) is 0 Å². The molecule has 0 amide bonds. The summed E-state index contributed by atoms with van der Waals surface area (Å²) in [5, 5.41) is 0. The van der Waals surface area contributed by atoms with Crippen molar-refractivity contribution in [1.82, 2.24) is 0 Å². The van der Waals surface area contributed by atoms with Gasteiger partial charge in [0.15, 0.2) is 0 Å². The zero-order valence-corrected chi connectivity index (χ0v) is 11.6. The average molecular weight is 338 g/mol. The van der Waals surface area contributed by atoms with E-state index in [0.29, 0.717) is 0 Å². The third-order valence-corrected chi connectivity index (χ3v) is 5.63. The molecule has 0 aliphatic carbocycles. The molecule has 2 aromatic heterocycles. The molecule has 68 valence electrons. The van der Waals surface area contributed by atoms with Crippen molar-refractivity contribution in [1.29, 1.82) is 0 Å².